The van der Waals surface area contributed by atoms with E-state index in [0.717, 1.165) is 18.5 Å². The van der Waals surface area contributed by atoms with Gasteiger partial charge in [0, 0.05) is 25.2 Å². The van der Waals surface area contributed by atoms with Gasteiger partial charge in [0.2, 0.25) is 5.91 Å². The molecule has 0 aromatic heterocycles. The van der Waals surface area contributed by atoms with Gasteiger partial charge in [0.05, 0.1) is 0 Å². The number of benzene rings is 1. The van der Waals surface area contributed by atoms with E-state index in [-0.39, 0.29) is 5.91 Å². The summed E-state index contributed by atoms with van der Waals surface area (Å²) in [6.07, 6.45) is 3.86. The van der Waals surface area contributed by atoms with Crippen molar-refractivity contribution in [3.05, 3.63) is 29.3 Å². The van der Waals surface area contributed by atoms with Crippen LogP contribution in [0.4, 0.5) is 5.69 Å². The number of amides is 1. The molecule has 1 aliphatic rings. The van der Waals surface area contributed by atoms with Crippen LogP contribution in [0.2, 0.25) is 0 Å². The van der Waals surface area contributed by atoms with E-state index >= 15 is 0 Å². The Morgan fingerprint density at radius 3 is 2.75 bits per heavy atom. The number of fused-ring (bicyclic) bond motifs is 1. The van der Waals surface area contributed by atoms with Gasteiger partial charge in [-0.3, -0.25) is 4.79 Å². The van der Waals surface area contributed by atoms with Gasteiger partial charge in [-0.1, -0.05) is 32.4 Å². The smallest absolute Gasteiger partial charge is 0.227 e. The molecule has 0 spiro atoms. The van der Waals surface area contributed by atoms with Crippen molar-refractivity contribution in [3.63, 3.8) is 0 Å². The van der Waals surface area contributed by atoms with Crippen molar-refractivity contribution in [2.24, 2.45) is 5.92 Å². The zero-order chi connectivity index (χ0) is 14.7. The average Bonchev–Trinajstić information content (AvgIpc) is 2.48. The second-order valence-electron chi connectivity index (χ2n) is 5.93. The molecule has 1 aromatic carbocycles. The van der Waals surface area contributed by atoms with Gasteiger partial charge in [-0.15, -0.1) is 0 Å². The summed E-state index contributed by atoms with van der Waals surface area (Å²) in [7, 11) is 3.90. The Kier molecular flexibility index (Phi) is 4.81. The number of carbonyl (C=O) groups excluding carboxylic acids is 1. The van der Waals surface area contributed by atoms with Gasteiger partial charge in [0.1, 0.15) is 0 Å². The second-order valence-corrected chi connectivity index (χ2v) is 5.93. The maximum atomic E-state index is 11.7. The molecule has 110 valence electrons. The predicted molar refractivity (Wildman–Crippen MR) is 84.0 cm³/mol. The SMILES string of the molecule is CCC(C)CC(NC)c1ccc2c(c1)CCC(=O)N2C. The Morgan fingerprint density at radius 2 is 2.10 bits per heavy atom. The van der Waals surface area contributed by atoms with Crippen LogP contribution in [0.5, 0.6) is 0 Å². The van der Waals surface area contributed by atoms with Gasteiger partial charge in [-0.2, -0.15) is 0 Å². The number of carbonyl (C=O) groups is 1. The summed E-state index contributed by atoms with van der Waals surface area (Å²) < 4.78 is 0. The van der Waals surface area contributed by atoms with Gasteiger partial charge in [-0.25, -0.2) is 0 Å². The van der Waals surface area contributed by atoms with Crippen molar-refractivity contribution in [1.29, 1.82) is 0 Å². The molecular formula is C17H26N2O. The van der Waals surface area contributed by atoms with E-state index in [1.807, 2.05) is 14.1 Å². The lowest BCUT2D eigenvalue weighted by molar-refractivity contribution is -0.118. The Morgan fingerprint density at radius 1 is 1.35 bits per heavy atom. The Labute approximate surface area is 122 Å². The molecule has 2 rings (SSSR count). The molecule has 0 saturated heterocycles. The van der Waals surface area contributed by atoms with Crippen LogP contribution in [-0.4, -0.2) is 20.0 Å². The fraction of sp³-hybridized carbons (Fsp3) is 0.588. The lowest BCUT2D eigenvalue weighted by atomic mass is 9.91. The quantitative estimate of drug-likeness (QED) is 0.893. The Bertz CT molecular complexity index is 484. The Hall–Kier alpha value is -1.35. The minimum atomic E-state index is 0.218. The van der Waals surface area contributed by atoms with Gasteiger partial charge >= 0.3 is 0 Å². The highest BCUT2D eigenvalue weighted by molar-refractivity contribution is 5.95. The summed E-state index contributed by atoms with van der Waals surface area (Å²) in [5.41, 5.74) is 3.71. The molecule has 0 bridgehead atoms. The largest absolute Gasteiger partial charge is 0.315 e. The summed E-state index contributed by atoms with van der Waals surface area (Å²) in [6.45, 7) is 4.54. The molecule has 20 heavy (non-hydrogen) atoms. The fourth-order valence-electron chi connectivity index (χ4n) is 2.88. The van der Waals surface area contributed by atoms with E-state index in [9.17, 15) is 4.79 Å². The molecule has 1 aromatic rings. The van der Waals surface area contributed by atoms with Gasteiger partial charge in [0.25, 0.3) is 0 Å². The van der Waals surface area contributed by atoms with Crippen molar-refractivity contribution in [1.82, 2.24) is 5.32 Å². The van der Waals surface area contributed by atoms with E-state index in [2.05, 4.69) is 37.4 Å². The second kappa shape index (κ2) is 6.40. The van der Waals surface area contributed by atoms with Crippen LogP contribution in [0.3, 0.4) is 0 Å². The summed E-state index contributed by atoms with van der Waals surface area (Å²) in [5, 5.41) is 3.43. The number of anilines is 1. The molecule has 3 nitrogen and oxygen atoms in total. The molecule has 0 fully saturated rings. The van der Waals surface area contributed by atoms with E-state index in [1.54, 1.807) is 4.90 Å². The highest BCUT2D eigenvalue weighted by Crippen LogP contribution is 2.31. The molecule has 1 heterocycles. The molecule has 1 amide bonds. The normalized spacial score (nSPS) is 17.8. The third-order valence-electron chi connectivity index (χ3n) is 4.53. The van der Waals surface area contributed by atoms with Crippen LogP contribution in [0.1, 0.15) is 50.3 Å². The molecule has 0 aliphatic carbocycles. The van der Waals surface area contributed by atoms with Gasteiger partial charge in [-0.05, 0) is 43.0 Å². The number of aryl methyl sites for hydroxylation is 1. The van der Waals surface area contributed by atoms with Gasteiger partial charge < -0.3 is 10.2 Å². The van der Waals surface area contributed by atoms with Crippen molar-refractivity contribution < 1.29 is 4.79 Å². The minimum absolute atomic E-state index is 0.218. The first-order valence-electron chi connectivity index (χ1n) is 7.63. The van der Waals surface area contributed by atoms with Crippen molar-refractivity contribution in [2.75, 3.05) is 19.0 Å². The fourth-order valence-corrected chi connectivity index (χ4v) is 2.88. The van der Waals surface area contributed by atoms with Crippen molar-refractivity contribution in [2.45, 2.75) is 45.6 Å². The lowest BCUT2D eigenvalue weighted by Crippen LogP contribution is -2.31. The number of nitrogens with one attached hydrogen (secondary N) is 1. The highest BCUT2D eigenvalue weighted by atomic mass is 16.2. The zero-order valence-electron chi connectivity index (χ0n) is 13.1. The first-order chi connectivity index (χ1) is 9.56. The molecule has 2 unspecified atom stereocenters. The summed E-state index contributed by atoms with van der Waals surface area (Å²) in [5.74, 6) is 0.933. The third-order valence-corrected chi connectivity index (χ3v) is 4.53. The highest BCUT2D eigenvalue weighted by Gasteiger charge is 2.22. The van der Waals surface area contributed by atoms with Crippen LogP contribution in [0.15, 0.2) is 18.2 Å². The van der Waals surface area contributed by atoms with Crippen molar-refractivity contribution in [3.8, 4) is 0 Å². The van der Waals surface area contributed by atoms with Gasteiger partial charge in [0.15, 0.2) is 0 Å². The minimum Gasteiger partial charge on any atom is -0.315 e. The molecule has 3 heteroatoms. The Balaban J connectivity index is 2.23. The number of nitrogens with zero attached hydrogens (tertiary/aromatic N) is 1. The maximum absolute atomic E-state index is 11.7. The molecule has 1 N–H and O–H groups in total. The summed E-state index contributed by atoms with van der Waals surface area (Å²) in [4.78, 5) is 13.5. The number of hydrogen-bond donors (Lipinski definition) is 1. The molecule has 0 radical (unpaired) electrons. The van der Waals surface area contributed by atoms with Crippen LogP contribution >= 0.6 is 0 Å². The molecular weight excluding hydrogens is 248 g/mol. The third kappa shape index (κ3) is 3.04. The average molecular weight is 274 g/mol. The molecule has 0 saturated carbocycles. The topological polar surface area (TPSA) is 32.3 Å². The van der Waals surface area contributed by atoms with E-state index in [0.29, 0.717) is 18.4 Å². The first kappa shape index (κ1) is 15.0. The lowest BCUT2D eigenvalue weighted by Gasteiger charge is -2.28. The van der Waals surface area contributed by atoms with E-state index in [1.165, 1.54) is 17.5 Å². The van der Waals surface area contributed by atoms with E-state index < -0.39 is 0 Å². The monoisotopic (exact) mass is 274 g/mol. The number of hydrogen-bond acceptors (Lipinski definition) is 2. The molecule has 1 aliphatic heterocycles. The van der Waals surface area contributed by atoms with Crippen molar-refractivity contribution >= 4 is 11.6 Å². The summed E-state index contributed by atoms with van der Waals surface area (Å²) >= 11 is 0. The van der Waals surface area contributed by atoms with Crippen LogP contribution < -0.4 is 10.2 Å². The predicted octanol–water partition coefficient (Wildman–Crippen LogP) is 3.29. The van der Waals surface area contributed by atoms with Crippen LogP contribution in [0.25, 0.3) is 0 Å². The zero-order valence-corrected chi connectivity index (χ0v) is 13.1. The van der Waals surface area contributed by atoms with Crippen LogP contribution in [0, 0.1) is 5.92 Å². The summed E-state index contributed by atoms with van der Waals surface area (Å²) in [6, 6.07) is 6.94. The van der Waals surface area contributed by atoms with E-state index in [4.69, 9.17) is 0 Å². The standard InChI is InChI=1S/C17H26N2O/c1-5-12(2)10-15(18-3)13-6-8-16-14(11-13)7-9-17(20)19(16)4/h6,8,11-12,15,18H,5,7,9-10H2,1-4H3. The van der Waals surface area contributed by atoms with Crippen LogP contribution in [-0.2, 0) is 11.2 Å². The number of rotatable bonds is 5. The molecule has 2 atom stereocenters. The maximum Gasteiger partial charge on any atom is 0.227 e. The first-order valence-corrected chi connectivity index (χ1v) is 7.63.